The summed E-state index contributed by atoms with van der Waals surface area (Å²) in [6, 6.07) is 21.2. The zero-order valence-corrected chi connectivity index (χ0v) is 32.8. The number of carboxylic acids is 2. The van der Waals surface area contributed by atoms with Crippen molar-refractivity contribution in [3.05, 3.63) is 107 Å². The van der Waals surface area contributed by atoms with Crippen molar-refractivity contribution < 1.29 is 89.2 Å². The third kappa shape index (κ3) is 10.5. The number of hydrogen-bond acceptors (Lipinski definition) is 16. The van der Waals surface area contributed by atoms with Crippen LogP contribution in [0.15, 0.2) is 84.9 Å². The van der Waals surface area contributed by atoms with Crippen LogP contribution < -0.4 is 9.47 Å². The average molecular weight is 863 g/mol. The number of aliphatic hydroxyl groups excluding tert-OH is 8. The Morgan fingerprint density at radius 3 is 1.24 bits per heavy atom. The molecular weight excluding hydrogens is 816 g/mol. The van der Waals surface area contributed by atoms with Gasteiger partial charge in [0.25, 0.3) is 0 Å². The highest BCUT2D eigenvalue weighted by atomic mass is 16.7. The van der Waals surface area contributed by atoms with Crippen LogP contribution in [0.25, 0.3) is 22.3 Å². The van der Waals surface area contributed by atoms with Gasteiger partial charge in [0.15, 0.2) is 11.6 Å². The Morgan fingerprint density at radius 2 is 0.887 bits per heavy atom. The van der Waals surface area contributed by atoms with Crippen molar-refractivity contribution >= 4 is 23.5 Å². The van der Waals surface area contributed by atoms with E-state index in [1.54, 1.807) is 48.5 Å². The van der Waals surface area contributed by atoms with Gasteiger partial charge in [0.05, 0.1) is 26.1 Å². The van der Waals surface area contributed by atoms with Crippen molar-refractivity contribution in [2.75, 3.05) is 13.2 Å². The van der Waals surface area contributed by atoms with Gasteiger partial charge >= 0.3 is 11.9 Å². The molecule has 330 valence electrons. The minimum absolute atomic E-state index is 0.0282. The van der Waals surface area contributed by atoms with Crippen molar-refractivity contribution in [2.24, 2.45) is 0 Å². The molecule has 2 aliphatic rings. The number of rotatable bonds is 17. The molecule has 10 N–H and O–H groups in total. The molecule has 2 heterocycles. The van der Waals surface area contributed by atoms with Crippen LogP contribution in [0.3, 0.4) is 0 Å². The minimum atomic E-state index is -1.76. The summed E-state index contributed by atoms with van der Waals surface area (Å²) in [4.78, 5) is 50.4. The van der Waals surface area contributed by atoms with Crippen molar-refractivity contribution in [2.45, 2.75) is 87.1 Å². The largest absolute Gasteiger partial charge is 0.481 e. The fourth-order valence-electron chi connectivity index (χ4n) is 7.21. The number of carbonyl (C=O) groups is 4. The fourth-order valence-corrected chi connectivity index (χ4v) is 7.21. The van der Waals surface area contributed by atoms with E-state index >= 15 is 0 Å². The summed E-state index contributed by atoms with van der Waals surface area (Å²) in [7, 11) is 0. The van der Waals surface area contributed by atoms with Crippen LogP contribution in [-0.2, 0) is 31.9 Å². The number of ketones is 2. The molecule has 6 rings (SSSR count). The maximum Gasteiger partial charge on any atom is 0.307 e. The van der Waals surface area contributed by atoms with Crippen LogP contribution in [0, 0.1) is 0 Å². The smallest absolute Gasteiger partial charge is 0.307 e. The summed E-state index contributed by atoms with van der Waals surface area (Å²) in [5, 5.41) is 101. The van der Waals surface area contributed by atoms with Crippen molar-refractivity contribution in [3.63, 3.8) is 0 Å². The predicted molar refractivity (Wildman–Crippen MR) is 213 cm³/mol. The van der Waals surface area contributed by atoms with E-state index in [2.05, 4.69) is 0 Å². The number of hydrogen-bond donors (Lipinski definition) is 10. The number of ether oxygens (including phenoxy) is 4. The highest BCUT2D eigenvalue weighted by Crippen LogP contribution is 2.37. The predicted octanol–water partition coefficient (Wildman–Crippen LogP) is 0.478. The normalized spacial score (nSPS) is 26.1. The number of carbonyl (C=O) groups excluding carboxylic acids is 2. The Hall–Kier alpha value is -5.64. The molecule has 2 saturated heterocycles. The van der Waals surface area contributed by atoms with Gasteiger partial charge in [-0.15, -0.1) is 0 Å². The Kier molecular flexibility index (Phi) is 14.8. The van der Waals surface area contributed by atoms with Crippen molar-refractivity contribution in [1.29, 1.82) is 0 Å². The van der Waals surface area contributed by atoms with Gasteiger partial charge in [0.2, 0.25) is 12.6 Å². The number of Topliss-reactive ketones (excluding diaryl/α,β-unsaturated/α-hetero) is 2. The Morgan fingerprint density at radius 1 is 0.500 bits per heavy atom. The number of aliphatic hydroxyl groups is 8. The molecule has 0 spiro atoms. The highest BCUT2D eigenvalue weighted by Gasteiger charge is 2.46. The van der Waals surface area contributed by atoms with Gasteiger partial charge in [-0.3, -0.25) is 19.2 Å². The lowest BCUT2D eigenvalue weighted by Gasteiger charge is -2.39. The Balaban J connectivity index is 1.27. The summed E-state index contributed by atoms with van der Waals surface area (Å²) >= 11 is 0. The maximum atomic E-state index is 13.7. The third-order valence-corrected chi connectivity index (χ3v) is 10.6. The van der Waals surface area contributed by atoms with E-state index in [0.717, 1.165) is 0 Å². The second-order valence-corrected chi connectivity index (χ2v) is 14.9. The van der Waals surface area contributed by atoms with Crippen LogP contribution in [0.1, 0.15) is 44.7 Å². The molecule has 4 aromatic carbocycles. The van der Waals surface area contributed by atoms with E-state index < -0.39 is 98.1 Å². The van der Waals surface area contributed by atoms with Gasteiger partial charge < -0.3 is 70.0 Å². The first-order valence-corrected chi connectivity index (χ1v) is 19.5. The zero-order valence-electron chi connectivity index (χ0n) is 32.8. The van der Waals surface area contributed by atoms with E-state index in [4.69, 9.17) is 18.9 Å². The number of carboxylic acid groups (broad SMARTS) is 2. The van der Waals surface area contributed by atoms with Crippen LogP contribution >= 0.6 is 0 Å². The van der Waals surface area contributed by atoms with Crippen molar-refractivity contribution in [3.8, 4) is 33.8 Å². The quantitative estimate of drug-likeness (QED) is 0.0646. The van der Waals surface area contributed by atoms with Crippen molar-refractivity contribution in [1.82, 2.24) is 0 Å². The van der Waals surface area contributed by atoms with Gasteiger partial charge in [-0.2, -0.15) is 0 Å². The number of benzene rings is 4. The molecule has 0 bridgehead atoms. The highest BCUT2D eigenvalue weighted by molar-refractivity contribution is 6.03. The standard InChI is InChI=1S/C44H46O18/c45-19-33-37(53)39(55)41(57)43(61-33)59-31-11-7-25(17-27(31)23-5-1-3-21(13-23)15-35(49)50)29(47)9-10-30(48)26-8-12-32(60-44-42(58)40(56)38(54)34(20-46)62-44)28(18-26)24-6-2-4-22(14-24)16-36(51)52/h1-8,11-14,17-18,33-34,37-46,53-58H,9-10,15-16,19-20H2,(H,49,50)(H,51,52)/t33-,34-,37-,38-,39+,40+,41+,42+,43+,44+/m1/s1. The molecule has 0 unspecified atom stereocenters. The molecular formula is C44H46O18. The topological polar surface area (TPSA) is 308 Å². The molecule has 0 aliphatic carbocycles. The molecule has 0 amide bonds. The van der Waals surface area contributed by atoms with E-state index in [1.807, 2.05) is 0 Å². The molecule has 0 radical (unpaired) electrons. The van der Waals surface area contributed by atoms with Gasteiger partial charge in [0, 0.05) is 35.1 Å². The number of aliphatic carboxylic acids is 2. The van der Waals surface area contributed by atoms with Gasteiger partial charge in [-0.05, 0) is 58.7 Å². The summed E-state index contributed by atoms with van der Waals surface area (Å²) < 4.78 is 22.9. The van der Waals surface area contributed by atoms with Crippen LogP contribution in [0.5, 0.6) is 11.5 Å². The van der Waals surface area contributed by atoms with E-state index in [1.165, 1.54) is 36.4 Å². The van der Waals surface area contributed by atoms with E-state index in [9.17, 15) is 70.2 Å². The lowest BCUT2D eigenvalue weighted by Crippen LogP contribution is -2.60. The van der Waals surface area contributed by atoms with Crippen LogP contribution in [0.2, 0.25) is 0 Å². The van der Waals surface area contributed by atoms with Gasteiger partial charge in [-0.25, -0.2) is 0 Å². The molecule has 18 heteroatoms. The van der Waals surface area contributed by atoms with Gasteiger partial charge in [-0.1, -0.05) is 48.5 Å². The molecule has 18 nitrogen and oxygen atoms in total. The van der Waals surface area contributed by atoms with E-state index in [-0.39, 0.29) is 59.4 Å². The van der Waals surface area contributed by atoms with Gasteiger partial charge in [0.1, 0.15) is 60.3 Å². The van der Waals surface area contributed by atoms with Crippen LogP contribution in [0.4, 0.5) is 0 Å². The summed E-state index contributed by atoms with van der Waals surface area (Å²) in [5.74, 6) is -3.10. The Bertz CT molecular complexity index is 2100. The third-order valence-electron chi connectivity index (χ3n) is 10.6. The summed E-state index contributed by atoms with van der Waals surface area (Å²) in [6.07, 6.45) is -17.2. The lowest BCUT2D eigenvalue weighted by molar-refractivity contribution is -0.277. The molecule has 4 aromatic rings. The maximum absolute atomic E-state index is 13.7. The second kappa shape index (κ2) is 20.0. The molecule has 10 atom stereocenters. The first kappa shape index (κ1) is 45.9. The first-order valence-electron chi connectivity index (χ1n) is 19.5. The molecule has 0 aromatic heterocycles. The van der Waals surface area contributed by atoms with Crippen LogP contribution in [-0.4, -0.2) is 149 Å². The fraction of sp³-hybridized carbons (Fsp3) is 0.364. The SMILES string of the molecule is O=C(O)Cc1cccc(-c2cc(C(=O)CCC(=O)c3ccc(O[C@H]4O[C@H](CO)[C@@H](O)[C@H](O)[C@@H]4O)c(-c4cccc(CC(=O)O)c4)c3)ccc2O[C@H]2O[C@H](CO)[C@@H](O)[C@H](O)[C@@H]2O)c1. The summed E-state index contributed by atoms with van der Waals surface area (Å²) in [6.45, 7) is -1.41. The van der Waals surface area contributed by atoms with E-state index in [0.29, 0.717) is 22.3 Å². The molecule has 0 saturated carbocycles. The second-order valence-electron chi connectivity index (χ2n) is 14.9. The Labute approximate surface area is 353 Å². The minimum Gasteiger partial charge on any atom is -0.481 e. The molecule has 62 heavy (non-hydrogen) atoms. The molecule has 2 fully saturated rings. The summed E-state index contributed by atoms with van der Waals surface area (Å²) in [5.41, 5.74) is 2.36. The first-order chi connectivity index (χ1) is 29.6. The molecule has 2 aliphatic heterocycles. The lowest BCUT2D eigenvalue weighted by atomic mass is 9.94. The zero-order chi connectivity index (χ0) is 44.8. The average Bonchev–Trinajstić information content (AvgIpc) is 3.25. The monoisotopic (exact) mass is 862 g/mol.